The van der Waals surface area contributed by atoms with E-state index in [9.17, 15) is 58.5 Å². The monoisotopic (exact) mass is 847 g/mol. The number of hydrogen-bond donors (Lipinski definition) is 10. The van der Waals surface area contributed by atoms with Crippen molar-refractivity contribution in [3.05, 3.63) is 0 Å². The second kappa shape index (κ2) is 30.2. The van der Waals surface area contributed by atoms with Gasteiger partial charge in [-0.1, -0.05) is 65.7 Å². The van der Waals surface area contributed by atoms with Crippen LogP contribution in [-0.2, 0) is 52.6 Å². The van der Waals surface area contributed by atoms with E-state index < -0.39 is 141 Å². The Hall–Kier alpha value is -4.89. The number of methoxy groups -OCH3 is 2. The number of hydrogen-bond acceptors (Lipinski definition) is 12. The molecule has 5 amide bonds. The fraction of sp³-hybridized carbons (Fsp3) is 0.763. The molecule has 0 aromatic heterocycles. The van der Waals surface area contributed by atoms with E-state index >= 15 is 0 Å². The highest BCUT2D eigenvalue weighted by Gasteiger charge is 2.34. The summed E-state index contributed by atoms with van der Waals surface area (Å²) in [5.74, 6) is -11.1. The molecular formula is C38H65N5O16. The molecule has 338 valence electrons. The lowest BCUT2D eigenvalue weighted by Crippen LogP contribution is -2.57. The quantitative estimate of drug-likeness (QED) is 0.0314. The summed E-state index contributed by atoms with van der Waals surface area (Å²) in [5, 5.41) is 59.0. The Morgan fingerprint density at radius 2 is 1.03 bits per heavy atom. The van der Waals surface area contributed by atoms with E-state index in [0.717, 1.165) is 38.5 Å². The standard InChI is InChI=1S/C38H65N5O16/c1-6-7-8-9-10-11-12-13-23(44)19-30(46)40-26(20-31(47)41-27(37(56)57)21-33(50)51)35(53)42-24(34(52)43-28(18-22(2)3)38(58-4)59-5)14-16-29(45)39-25(36(54)55)15-17-32(48)49/h22-28,38,44H,6-21H2,1-5H3,(H,39,45)(H,40,46)(H,41,47)(H,42,53)(H,43,52)(H,48,49)(H,50,51)(H,54,55)(H,56,57). The van der Waals surface area contributed by atoms with Crippen molar-refractivity contribution in [2.45, 2.75) is 166 Å². The van der Waals surface area contributed by atoms with Crippen LogP contribution in [0.4, 0.5) is 0 Å². The van der Waals surface area contributed by atoms with Crippen LogP contribution in [0.5, 0.6) is 0 Å². The van der Waals surface area contributed by atoms with Crippen LogP contribution in [0.15, 0.2) is 0 Å². The number of nitrogens with one attached hydrogen (secondary N) is 5. The fourth-order valence-electron chi connectivity index (χ4n) is 5.99. The summed E-state index contributed by atoms with van der Waals surface area (Å²) in [6.45, 7) is 5.80. The van der Waals surface area contributed by atoms with Crippen molar-refractivity contribution in [1.82, 2.24) is 26.6 Å². The lowest BCUT2D eigenvalue weighted by Gasteiger charge is -2.30. The first-order valence-electron chi connectivity index (χ1n) is 19.9. The van der Waals surface area contributed by atoms with Gasteiger partial charge in [0.2, 0.25) is 29.5 Å². The molecule has 0 aliphatic rings. The van der Waals surface area contributed by atoms with Gasteiger partial charge >= 0.3 is 23.9 Å². The number of aliphatic hydroxyl groups excluding tert-OH is 1. The van der Waals surface area contributed by atoms with Crippen molar-refractivity contribution >= 4 is 53.4 Å². The number of ether oxygens (including phenoxy) is 2. The molecular weight excluding hydrogens is 782 g/mol. The van der Waals surface area contributed by atoms with Crippen molar-refractivity contribution in [1.29, 1.82) is 0 Å². The number of aliphatic hydroxyl groups is 1. The maximum atomic E-state index is 13.9. The number of carbonyl (C=O) groups excluding carboxylic acids is 5. The number of carboxylic acids is 4. The van der Waals surface area contributed by atoms with Crippen LogP contribution in [0.3, 0.4) is 0 Å². The molecule has 0 heterocycles. The number of unbranched alkanes of at least 4 members (excludes halogenated alkanes) is 6. The average Bonchev–Trinajstić information content (AvgIpc) is 3.13. The summed E-state index contributed by atoms with van der Waals surface area (Å²) in [7, 11) is 2.66. The van der Waals surface area contributed by atoms with Crippen LogP contribution >= 0.6 is 0 Å². The molecule has 0 bridgehead atoms. The minimum atomic E-state index is -1.90. The van der Waals surface area contributed by atoms with Crippen molar-refractivity contribution in [2.24, 2.45) is 5.92 Å². The van der Waals surface area contributed by atoms with Gasteiger partial charge in [-0.25, -0.2) is 9.59 Å². The Kier molecular flexibility index (Phi) is 27.7. The third kappa shape index (κ3) is 25.3. The summed E-state index contributed by atoms with van der Waals surface area (Å²) in [5.41, 5.74) is 0. The summed E-state index contributed by atoms with van der Waals surface area (Å²) in [4.78, 5) is 112. The number of carboxylic acid groups (broad SMARTS) is 4. The zero-order valence-electron chi connectivity index (χ0n) is 34.7. The van der Waals surface area contributed by atoms with Gasteiger partial charge in [-0.05, 0) is 31.6 Å². The van der Waals surface area contributed by atoms with E-state index in [2.05, 4.69) is 28.2 Å². The largest absolute Gasteiger partial charge is 0.481 e. The molecule has 21 nitrogen and oxygen atoms in total. The molecule has 0 saturated carbocycles. The van der Waals surface area contributed by atoms with Gasteiger partial charge < -0.3 is 61.6 Å². The number of rotatable bonds is 34. The van der Waals surface area contributed by atoms with Gasteiger partial charge in [0.05, 0.1) is 31.4 Å². The predicted octanol–water partition coefficient (Wildman–Crippen LogP) is 0.646. The van der Waals surface area contributed by atoms with Crippen molar-refractivity contribution in [3.63, 3.8) is 0 Å². The Bertz CT molecular complexity index is 1380. The highest BCUT2D eigenvalue weighted by atomic mass is 16.7. The van der Waals surface area contributed by atoms with Crippen LogP contribution in [0.25, 0.3) is 0 Å². The molecule has 0 aliphatic heterocycles. The second-order valence-corrected chi connectivity index (χ2v) is 14.7. The molecule has 6 atom stereocenters. The molecule has 0 aromatic rings. The van der Waals surface area contributed by atoms with E-state index in [4.69, 9.17) is 19.7 Å². The third-order valence-electron chi connectivity index (χ3n) is 9.03. The maximum Gasteiger partial charge on any atom is 0.326 e. The van der Waals surface area contributed by atoms with E-state index in [-0.39, 0.29) is 12.3 Å². The molecule has 0 rings (SSSR count). The van der Waals surface area contributed by atoms with Crippen molar-refractivity contribution in [2.75, 3.05) is 14.2 Å². The lowest BCUT2D eigenvalue weighted by molar-refractivity contribution is -0.147. The maximum absolute atomic E-state index is 13.9. The van der Waals surface area contributed by atoms with Gasteiger partial charge in [0.1, 0.15) is 24.2 Å². The zero-order valence-corrected chi connectivity index (χ0v) is 34.7. The highest BCUT2D eigenvalue weighted by Crippen LogP contribution is 2.14. The van der Waals surface area contributed by atoms with Gasteiger partial charge in [-0.3, -0.25) is 33.6 Å². The van der Waals surface area contributed by atoms with Crippen LogP contribution in [0.1, 0.15) is 124 Å². The first kappa shape index (κ1) is 54.1. The molecule has 0 radical (unpaired) electrons. The second-order valence-electron chi connectivity index (χ2n) is 14.7. The number of amides is 5. The molecule has 59 heavy (non-hydrogen) atoms. The Balaban J connectivity index is 6.45. The topological polar surface area (TPSA) is 333 Å². The minimum absolute atomic E-state index is 0.0133. The van der Waals surface area contributed by atoms with Crippen LogP contribution in [0.2, 0.25) is 0 Å². The van der Waals surface area contributed by atoms with Gasteiger partial charge in [0, 0.05) is 27.1 Å². The Morgan fingerprint density at radius 3 is 1.56 bits per heavy atom. The number of aliphatic carboxylic acids is 4. The van der Waals surface area contributed by atoms with E-state index in [1.54, 1.807) is 0 Å². The van der Waals surface area contributed by atoms with Crippen LogP contribution < -0.4 is 26.6 Å². The normalized spacial score (nSPS) is 14.2. The summed E-state index contributed by atoms with van der Waals surface area (Å²) in [6.07, 6.45) is 0.684. The average molecular weight is 848 g/mol. The van der Waals surface area contributed by atoms with Crippen molar-refractivity contribution < 1.29 is 78.2 Å². The van der Waals surface area contributed by atoms with Gasteiger partial charge in [-0.2, -0.15) is 0 Å². The van der Waals surface area contributed by atoms with Gasteiger partial charge in [-0.15, -0.1) is 0 Å². The highest BCUT2D eigenvalue weighted by molar-refractivity contribution is 5.96. The fourth-order valence-corrected chi connectivity index (χ4v) is 5.99. The molecule has 0 spiro atoms. The lowest BCUT2D eigenvalue weighted by atomic mass is 10.0. The number of carbonyl (C=O) groups is 9. The predicted molar refractivity (Wildman–Crippen MR) is 208 cm³/mol. The summed E-state index contributed by atoms with van der Waals surface area (Å²) >= 11 is 0. The van der Waals surface area contributed by atoms with Crippen LogP contribution in [0, 0.1) is 5.92 Å². The summed E-state index contributed by atoms with van der Waals surface area (Å²) in [6, 6.07) is -7.72. The van der Waals surface area contributed by atoms with Gasteiger partial charge in [0.25, 0.3) is 0 Å². The molecule has 0 fully saturated rings. The SMILES string of the molecule is CCCCCCCCCC(O)CC(=O)NC(CC(=O)NC(CC(=O)O)C(=O)O)C(=O)NC(CCC(=O)NC(CCC(=O)O)C(=O)O)C(=O)NC(CC(C)C)C(OC)OC. The molecule has 0 aliphatic carbocycles. The zero-order chi connectivity index (χ0) is 45.1. The first-order chi connectivity index (χ1) is 27.7. The third-order valence-corrected chi connectivity index (χ3v) is 9.03. The first-order valence-corrected chi connectivity index (χ1v) is 19.9. The molecule has 6 unspecified atom stereocenters. The van der Waals surface area contributed by atoms with Gasteiger partial charge in [0.15, 0.2) is 6.29 Å². The van der Waals surface area contributed by atoms with E-state index in [1.807, 2.05) is 19.2 Å². The van der Waals surface area contributed by atoms with E-state index in [0.29, 0.717) is 12.8 Å². The summed E-state index contributed by atoms with van der Waals surface area (Å²) < 4.78 is 10.7. The molecule has 10 N–H and O–H groups in total. The minimum Gasteiger partial charge on any atom is -0.481 e. The van der Waals surface area contributed by atoms with E-state index in [1.165, 1.54) is 14.2 Å². The smallest absolute Gasteiger partial charge is 0.326 e. The van der Waals surface area contributed by atoms with Crippen LogP contribution in [-0.4, -0.2) is 136 Å². The Morgan fingerprint density at radius 1 is 0.525 bits per heavy atom. The molecule has 0 aromatic carbocycles. The molecule has 21 heteroatoms. The van der Waals surface area contributed by atoms with Crippen molar-refractivity contribution in [3.8, 4) is 0 Å². The Labute approximate surface area is 344 Å². The molecule has 0 saturated heterocycles.